The molecule has 28 heavy (non-hydrogen) atoms. The SMILES string of the molecule is NC(=O)c1nnc2[nH]cc3c2c1-c1ccccc1NC3c1c(F)cccc1Cl. The summed E-state index contributed by atoms with van der Waals surface area (Å²) in [4.78, 5) is 15.1. The number of carbonyl (C=O) groups is 1. The number of amides is 1. The minimum atomic E-state index is -0.686. The monoisotopic (exact) mass is 393 g/mol. The number of nitrogens with two attached hydrogens (primary N) is 1. The van der Waals surface area contributed by atoms with E-state index in [-0.39, 0.29) is 5.69 Å². The lowest BCUT2D eigenvalue weighted by Gasteiger charge is -2.21. The highest BCUT2D eigenvalue weighted by Crippen LogP contribution is 2.45. The molecule has 2 aromatic heterocycles. The number of fused-ring (bicyclic) bond motifs is 2. The van der Waals surface area contributed by atoms with Gasteiger partial charge >= 0.3 is 0 Å². The Morgan fingerprint density at radius 1 is 1.14 bits per heavy atom. The van der Waals surface area contributed by atoms with Crippen LogP contribution in [0.3, 0.4) is 0 Å². The van der Waals surface area contributed by atoms with Gasteiger partial charge in [-0.1, -0.05) is 35.9 Å². The molecule has 1 aliphatic rings. The maximum Gasteiger partial charge on any atom is 0.269 e. The Hall–Kier alpha value is -3.45. The van der Waals surface area contributed by atoms with Gasteiger partial charge in [0.1, 0.15) is 5.82 Å². The molecule has 0 fully saturated rings. The molecule has 0 saturated heterocycles. The van der Waals surface area contributed by atoms with Crippen molar-refractivity contribution in [3.63, 3.8) is 0 Å². The Morgan fingerprint density at radius 3 is 2.75 bits per heavy atom. The molecule has 1 unspecified atom stereocenters. The van der Waals surface area contributed by atoms with E-state index in [0.29, 0.717) is 38.4 Å². The van der Waals surface area contributed by atoms with Crippen LogP contribution >= 0.6 is 11.6 Å². The molecular weight excluding hydrogens is 381 g/mol. The molecule has 6 nitrogen and oxygen atoms in total. The predicted octanol–water partition coefficient (Wildman–Crippen LogP) is 4.03. The Morgan fingerprint density at radius 2 is 1.96 bits per heavy atom. The molecule has 8 heteroatoms. The molecule has 0 saturated carbocycles. The fraction of sp³-hybridized carbons (Fsp3) is 0.0500. The molecule has 0 aliphatic carbocycles. The third kappa shape index (κ3) is 2.30. The van der Waals surface area contributed by atoms with Crippen molar-refractivity contribution in [2.75, 3.05) is 5.32 Å². The van der Waals surface area contributed by atoms with Crippen molar-refractivity contribution >= 4 is 34.2 Å². The number of para-hydroxylation sites is 1. The van der Waals surface area contributed by atoms with Crippen LogP contribution < -0.4 is 11.1 Å². The van der Waals surface area contributed by atoms with E-state index in [1.807, 2.05) is 24.3 Å². The van der Waals surface area contributed by atoms with Crippen LogP contribution in [0.2, 0.25) is 5.02 Å². The zero-order valence-electron chi connectivity index (χ0n) is 14.3. The highest BCUT2D eigenvalue weighted by Gasteiger charge is 2.31. The first-order chi connectivity index (χ1) is 13.6. The van der Waals surface area contributed by atoms with E-state index in [4.69, 9.17) is 17.3 Å². The fourth-order valence-electron chi connectivity index (χ4n) is 3.77. The molecular formula is C20H13ClFN5O. The van der Waals surface area contributed by atoms with Crippen molar-refractivity contribution in [1.29, 1.82) is 0 Å². The number of aromatic nitrogens is 3. The highest BCUT2D eigenvalue weighted by atomic mass is 35.5. The first-order valence-electron chi connectivity index (χ1n) is 8.53. The van der Waals surface area contributed by atoms with Crippen LogP contribution in [0.4, 0.5) is 10.1 Å². The van der Waals surface area contributed by atoms with E-state index >= 15 is 0 Å². The molecule has 138 valence electrons. The van der Waals surface area contributed by atoms with E-state index in [1.165, 1.54) is 6.07 Å². The summed E-state index contributed by atoms with van der Waals surface area (Å²) in [5.74, 6) is -1.12. The number of carbonyl (C=O) groups excluding carboxylic acids is 1. The molecule has 2 aromatic carbocycles. The number of aromatic amines is 1. The van der Waals surface area contributed by atoms with Gasteiger partial charge in [0.25, 0.3) is 5.91 Å². The van der Waals surface area contributed by atoms with E-state index in [2.05, 4.69) is 20.5 Å². The minimum Gasteiger partial charge on any atom is -0.373 e. The van der Waals surface area contributed by atoms with Gasteiger partial charge in [-0.15, -0.1) is 10.2 Å². The average molecular weight is 394 g/mol. The summed E-state index contributed by atoms with van der Waals surface area (Å²) in [7, 11) is 0. The summed E-state index contributed by atoms with van der Waals surface area (Å²) in [6, 6.07) is 11.4. The number of nitrogens with zero attached hydrogens (tertiary/aromatic N) is 2. The lowest BCUT2D eigenvalue weighted by molar-refractivity contribution is 0.0995. The van der Waals surface area contributed by atoms with Crippen molar-refractivity contribution < 1.29 is 9.18 Å². The number of halogens is 2. The van der Waals surface area contributed by atoms with Crippen LogP contribution in [-0.4, -0.2) is 21.1 Å². The van der Waals surface area contributed by atoms with Crippen molar-refractivity contribution in [1.82, 2.24) is 15.2 Å². The van der Waals surface area contributed by atoms with E-state index in [0.717, 1.165) is 5.56 Å². The summed E-state index contributed by atoms with van der Waals surface area (Å²) >= 11 is 6.36. The second kappa shape index (κ2) is 6.03. The molecule has 4 aromatic rings. The van der Waals surface area contributed by atoms with Gasteiger partial charge in [0.2, 0.25) is 0 Å². The van der Waals surface area contributed by atoms with Gasteiger partial charge in [0.15, 0.2) is 11.3 Å². The van der Waals surface area contributed by atoms with Crippen molar-refractivity contribution in [3.05, 3.63) is 76.3 Å². The zero-order chi connectivity index (χ0) is 19.4. The molecule has 5 rings (SSSR count). The number of anilines is 1. The second-order valence-electron chi connectivity index (χ2n) is 6.51. The minimum absolute atomic E-state index is 0.0582. The lowest BCUT2D eigenvalue weighted by atomic mass is 9.95. The van der Waals surface area contributed by atoms with E-state index < -0.39 is 17.8 Å². The van der Waals surface area contributed by atoms with Crippen molar-refractivity contribution in [3.8, 4) is 11.1 Å². The fourth-order valence-corrected chi connectivity index (χ4v) is 4.05. The largest absolute Gasteiger partial charge is 0.373 e. The Balaban J connectivity index is 1.93. The zero-order valence-corrected chi connectivity index (χ0v) is 15.1. The van der Waals surface area contributed by atoms with Gasteiger partial charge in [-0.2, -0.15) is 0 Å². The summed E-state index contributed by atoms with van der Waals surface area (Å²) in [5, 5.41) is 12.4. The smallest absolute Gasteiger partial charge is 0.269 e. The number of H-pyrrole nitrogens is 1. The second-order valence-corrected chi connectivity index (χ2v) is 6.92. The summed E-state index contributed by atoms with van der Waals surface area (Å²) < 4.78 is 14.8. The van der Waals surface area contributed by atoms with Gasteiger partial charge in [0.05, 0.1) is 6.04 Å². The van der Waals surface area contributed by atoms with Gasteiger partial charge in [-0.05, 0) is 18.2 Å². The Labute approximate surface area is 163 Å². The van der Waals surface area contributed by atoms with Crippen LogP contribution in [0.5, 0.6) is 0 Å². The maximum absolute atomic E-state index is 14.8. The predicted molar refractivity (Wildman–Crippen MR) is 105 cm³/mol. The van der Waals surface area contributed by atoms with Crippen LogP contribution in [0.15, 0.2) is 48.7 Å². The van der Waals surface area contributed by atoms with Gasteiger partial charge in [-0.25, -0.2) is 4.39 Å². The number of nitrogens with one attached hydrogen (secondary N) is 2. The van der Waals surface area contributed by atoms with Crippen molar-refractivity contribution in [2.24, 2.45) is 5.73 Å². The number of primary amides is 1. The average Bonchev–Trinajstić information content (AvgIpc) is 3.04. The third-order valence-electron chi connectivity index (χ3n) is 4.96. The number of hydrogen-bond donors (Lipinski definition) is 3. The molecule has 0 radical (unpaired) electrons. The standard InChI is InChI=1S/C20H13ClFN5O/c21-11-5-3-6-12(22)16(11)17-10-8-24-20-15(10)14(18(19(23)28)26-27-20)9-4-1-2-7-13(9)25-17/h1-8,17,25H,(H2,23,28)(H,24,27). The lowest BCUT2D eigenvalue weighted by Crippen LogP contribution is -2.15. The molecule has 3 heterocycles. The van der Waals surface area contributed by atoms with Crippen LogP contribution in [-0.2, 0) is 0 Å². The van der Waals surface area contributed by atoms with Crippen LogP contribution in [0.1, 0.15) is 27.7 Å². The van der Waals surface area contributed by atoms with E-state index in [9.17, 15) is 9.18 Å². The van der Waals surface area contributed by atoms with E-state index in [1.54, 1.807) is 18.3 Å². The Kier molecular flexibility index (Phi) is 3.60. The first-order valence-corrected chi connectivity index (χ1v) is 8.91. The van der Waals surface area contributed by atoms with Crippen LogP contribution in [0, 0.1) is 5.82 Å². The molecule has 0 spiro atoms. The summed E-state index contributed by atoms with van der Waals surface area (Å²) in [6.45, 7) is 0. The Bertz CT molecular complexity index is 1250. The third-order valence-corrected chi connectivity index (χ3v) is 5.29. The maximum atomic E-state index is 14.8. The molecule has 1 amide bonds. The highest BCUT2D eigenvalue weighted by molar-refractivity contribution is 6.31. The van der Waals surface area contributed by atoms with Gasteiger partial charge in [0, 0.05) is 44.5 Å². The molecule has 4 N–H and O–H groups in total. The quantitative estimate of drug-likeness (QED) is 0.479. The number of rotatable bonds is 2. The number of hydrogen-bond acceptors (Lipinski definition) is 4. The summed E-state index contributed by atoms with van der Waals surface area (Å²) in [5.41, 5.74) is 9.12. The summed E-state index contributed by atoms with van der Waals surface area (Å²) in [6.07, 6.45) is 1.72. The first kappa shape index (κ1) is 16.7. The van der Waals surface area contributed by atoms with Gasteiger partial charge < -0.3 is 16.0 Å². The molecule has 0 bridgehead atoms. The van der Waals surface area contributed by atoms with Crippen molar-refractivity contribution in [2.45, 2.75) is 6.04 Å². The number of benzene rings is 2. The molecule has 1 aliphatic heterocycles. The van der Waals surface area contributed by atoms with Gasteiger partial charge in [-0.3, -0.25) is 4.79 Å². The molecule has 1 atom stereocenters. The van der Waals surface area contributed by atoms with Crippen LogP contribution in [0.25, 0.3) is 22.2 Å². The topological polar surface area (TPSA) is 96.7 Å². The normalized spacial score (nSPS) is 15.0.